The molecule has 0 aromatic heterocycles. The van der Waals surface area contributed by atoms with Gasteiger partial charge in [-0.2, -0.15) is 0 Å². The van der Waals surface area contributed by atoms with Gasteiger partial charge in [-0.3, -0.25) is 4.57 Å². The minimum Gasteiger partial charge on any atom is -0.464 e. The molecule has 0 saturated heterocycles. The number of carbonyl (C=O) groups is 2. The maximum absolute atomic E-state index is 12.7. The number of hydrogen-bond donors (Lipinski definition) is 1. The molecule has 2 aromatic carbocycles. The number of nitrogens with one attached hydrogen (secondary N) is 1. The highest BCUT2D eigenvalue weighted by molar-refractivity contribution is 7.52. The van der Waals surface area contributed by atoms with E-state index in [1.165, 1.54) is 20.7 Å². The van der Waals surface area contributed by atoms with Crippen molar-refractivity contribution < 1.29 is 32.7 Å². The van der Waals surface area contributed by atoms with E-state index in [9.17, 15) is 14.2 Å². The Morgan fingerprint density at radius 2 is 1.62 bits per heavy atom. The highest BCUT2D eigenvalue weighted by Gasteiger charge is 2.34. The van der Waals surface area contributed by atoms with Crippen molar-refractivity contribution in [2.75, 3.05) is 27.0 Å². The molecule has 2 unspecified atom stereocenters. The Balaban J connectivity index is 1.69. The maximum atomic E-state index is 12.7. The number of ether oxygens (including phenoxy) is 2. The lowest BCUT2D eigenvalue weighted by atomic mass is 9.98. The van der Waals surface area contributed by atoms with Crippen molar-refractivity contribution in [3.05, 3.63) is 59.7 Å². The van der Waals surface area contributed by atoms with Crippen molar-refractivity contribution in [3.8, 4) is 11.1 Å². The second-order valence-electron chi connectivity index (χ2n) is 8.23. The van der Waals surface area contributed by atoms with Gasteiger partial charge in [-0.1, -0.05) is 61.9 Å². The summed E-state index contributed by atoms with van der Waals surface area (Å²) < 4.78 is 33.3. The number of amides is 1. The van der Waals surface area contributed by atoms with Crippen LogP contribution in [0.5, 0.6) is 0 Å². The van der Waals surface area contributed by atoms with Crippen molar-refractivity contribution in [3.63, 3.8) is 0 Å². The standard InChI is InChI=1S/C25H32NO7P/c1-5-6-15-31-24(27)23(17(2)33-34(4,29)30-3)26-25(28)32-16-22-20-13-9-7-11-18(20)19-12-8-10-14-21(19)22/h7-14,17,22-23H,5-6,15-16H2,1-4H3,(H,26,28)/t17?,23-,34?/m0/s1. The number of fused-ring (bicyclic) bond motifs is 3. The SMILES string of the molecule is CCCCOC(=O)[C@@H](NC(=O)OCC1c2ccccc2-c2ccccc21)C(C)OP(C)(=O)OC. The Morgan fingerprint density at radius 1 is 1.03 bits per heavy atom. The molecule has 1 N–H and O–H groups in total. The van der Waals surface area contributed by atoms with Crippen LogP contribution in [-0.2, 0) is 27.9 Å². The van der Waals surface area contributed by atoms with E-state index in [0.29, 0.717) is 6.42 Å². The monoisotopic (exact) mass is 489 g/mol. The molecule has 0 radical (unpaired) electrons. The van der Waals surface area contributed by atoms with E-state index in [-0.39, 0.29) is 19.1 Å². The predicted octanol–water partition coefficient (Wildman–Crippen LogP) is 5.11. The van der Waals surface area contributed by atoms with Crippen LogP contribution in [0.1, 0.15) is 43.7 Å². The molecule has 0 heterocycles. The van der Waals surface area contributed by atoms with Crippen molar-refractivity contribution in [1.82, 2.24) is 5.32 Å². The largest absolute Gasteiger partial charge is 0.464 e. The number of esters is 1. The number of alkyl carbamates (subject to hydrolysis) is 1. The Kier molecular flexibility index (Phi) is 8.89. The molecule has 184 valence electrons. The second-order valence-corrected chi connectivity index (χ2v) is 10.4. The Bertz CT molecular complexity index is 1010. The normalized spacial score (nSPS) is 16.0. The molecule has 2 aromatic rings. The van der Waals surface area contributed by atoms with Crippen LogP contribution in [0.2, 0.25) is 0 Å². The topological polar surface area (TPSA) is 100 Å². The van der Waals surface area contributed by atoms with Crippen molar-refractivity contribution in [2.45, 2.75) is 44.8 Å². The summed E-state index contributed by atoms with van der Waals surface area (Å²) in [4.78, 5) is 25.4. The van der Waals surface area contributed by atoms with Crippen LogP contribution in [-0.4, -0.2) is 51.2 Å². The second kappa shape index (κ2) is 11.6. The van der Waals surface area contributed by atoms with Gasteiger partial charge in [0.2, 0.25) is 0 Å². The smallest absolute Gasteiger partial charge is 0.407 e. The van der Waals surface area contributed by atoms with Gasteiger partial charge in [0, 0.05) is 19.7 Å². The first-order valence-electron chi connectivity index (χ1n) is 11.4. The van der Waals surface area contributed by atoms with E-state index in [1.54, 1.807) is 0 Å². The van der Waals surface area contributed by atoms with E-state index >= 15 is 0 Å². The molecule has 8 nitrogen and oxygen atoms in total. The number of hydrogen-bond acceptors (Lipinski definition) is 7. The number of unbranched alkanes of at least 4 members (excludes halogenated alkanes) is 1. The quantitative estimate of drug-likeness (QED) is 0.266. The molecule has 0 spiro atoms. The molecule has 9 heteroatoms. The molecule has 1 aliphatic carbocycles. The number of rotatable bonds is 11. The molecule has 1 amide bonds. The third-order valence-corrected chi connectivity index (χ3v) is 7.15. The van der Waals surface area contributed by atoms with E-state index in [2.05, 4.69) is 17.4 Å². The van der Waals surface area contributed by atoms with Gasteiger partial charge < -0.3 is 23.8 Å². The first-order valence-corrected chi connectivity index (χ1v) is 13.4. The van der Waals surface area contributed by atoms with Crippen molar-refractivity contribution in [1.29, 1.82) is 0 Å². The summed E-state index contributed by atoms with van der Waals surface area (Å²) in [6, 6.07) is 14.8. The van der Waals surface area contributed by atoms with Gasteiger partial charge in [0.05, 0.1) is 12.7 Å². The fraction of sp³-hybridized carbons (Fsp3) is 0.440. The molecule has 3 atom stereocenters. The van der Waals surface area contributed by atoms with Crippen LogP contribution in [0.25, 0.3) is 11.1 Å². The van der Waals surface area contributed by atoms with Crippen molar-refractivity contribution >= 4 is 19.7 Å². The van der Waals surface area contributed by atoms with Crippen LogP contribution in [0.15, 0.2) is 48.5 Å². The van der Waals surface area contributed by atoms with E-state index in [1.807, 2.05) is 43.3 Å². The van der Waals surface area contributed by atoms with Gasteiger partial charge in [0.25, 0.3) is 0 Å². The Morgan fingerprint density at radius 3 is 2.18 bits per heavy atom. The zero-order chi connectivity index (χ0) is 24.7. The minimum atomic E-state index is -3.40. The molecular weight excluding hydrogens is 457 g/mol. The van der Waals surface area contributed by atoms with Gasteiger partial charge in [-0.25, -0.2) is 9.59 Å². The van der Waals surface area contributed by atoms with E-state index in [4.69, 9.17) is 18.5 Å². The average molecular weight is 490 g/mol. The van der Waals surface area contributed by atoms with Gasteiger partial charge in [-0.05, 0) is 35.6 Å². The van der Waals surface area contributed by atoms with Gasteiger partial charge >= 0.3 is 19.7 Å². The molecule has 0 fully saturated rings. The fourth-order valence-electron chi connectivity index (χ4n) is 3.95. The van der Waals surface area contributed by atoms with Gasteiger partial charge in [-0.15, -0.1) is 0 Å². The lowest BCUT2D eigenvalue weighted by molar-refractivity contribution is -0.148. The summed E-state index contributed by atoms with van der Waals surface area (Å²) in [5, 5.41) is 2.52. The van der Waals surface area contributed by atoms with Crippen LogP contribution < -0.4 is 5.32 Å². The highest BCUT2D eigenvalue weighted by atomic mass is 31.2. The predicted molar refractivity (Wildman–Crippen MR) is 129 cm³/mol. The maximum Gasteiger partial charge on any atom is 0.407 e. The van der Waals surface area contributed by atoms with E-state index < -0.39 is 31.8 Å². The lowest BCUT2D eigenvalue weighted by Crippen LogP contribution is -2.49. The third-order valence-electron chi connectivity index (χ3n) is 5.77. The third kappa shape index (κ3) is 6.26. The molecule has 34 heavy (non-hydrogen) atoms. The summed E-state index contributed by atoms with van der Waals surface area (Å²) in [6.45, 7) is 5.08. The summed E-state index contributed by atoms with van der Waals surface area (Å²) in [5.41, 5.74) is 4.39. The number of carbonyl (C=O) groups excluding carboxylic acids is 2. The molecular formula is C25H32NO7P. The number of benzene rings is 2. The van der Waals surface area contributed by atoms with Crippen LogP contribution >= 0.6 is 7.60 Å². The summed E-state index contributed by atoms with van der Waals surface area (Å²) in [7, 11) is -2.15. The molecule has 0 bridgehead atoms. The zero-order valence-corrected chi connectivity index (χ0v) is 20.9. The van der Waals surface area contributed by atoms with Crippen LogP contribution in [0, 0.1) is 0 Å². The van der Waals surface area contributed by atoms with Gasteiger partial charge in [0.15, 0.2) is 6.04 Å². The highest BCUT2D eigenvalue weighted by Crippen LogP contribution is 2.45. The molecule has 0 saturated carbocycles. The van der Waals surface area contributed by atoms with Crippen LogP contribution in [0.3, 0.4) is 0 Å². The van der Waals surface area contributed by atoms with E-state index in [0.717, 1.165) is 28.7 Å². The Labute approximate surface area is 200 Å². The molecule has 0 aliphatic heterocycles. The van der Waals surface area contributed by atoms with Crippen LogP contribution in [0.4, 0.5) is 4.79 Å². The fourth-order valence-corrected chi connectivity index (χ4v) is 4.76. The van der Waals surface area contributed by atoms with Crippen molar-refractivity contribution in [2.24, 2.45) is 0 Å². The minimum absolute atomic E-state index is 0.0943. The Hall–Kier alpha value is -2.67. The first-order chi connectivity index (χ1) is 16.3. The first kappa shape index (κ1) is 25.9. The average Bonchev–Trinajstić information content (AvgIpc) is 3.14. The summed E-state index contributed by atoms with van der Waals surface area (Å²) in [5.74, 6) is -0.809. The molecule has 1 aliphatic rings. The molecule has 3 rings (SSSR count). The summed E-state index contributed by atoms with van der Waals surface area (Å²) in [6.07, 6.45) is -0.232. The zero-order valence-electron chi connectivity index (χ0n) is 20.0. The summed E-state index contributed by atoms with van der Waals surface area (Å²) >= 11 is 0. The lowest BCUT2D eigenvalue weighted by Gasteiger charge is -2.25. The van der Waals surface area contributed by atoms with Gasteiger partial charge in [0.1, 0.15) is 6.61 Å².